The maximum atomic E-state index is 11.5. The van der Waals surface area contributed by atoms with Crippen molar-refractivity contribution in [3.8, 4) is 0 Å². The summed E-state index contributed by atoms with van der Waals surface area (Å²) in [4.78, 5) is 22.7. The Balaban J connectivity index is 2.46. The summed E-state index contributed by atoms with van der Waals surface area (Å²) in [6, 6.07) is 0. The van der Waals surface area contributed by atoms with Crippen molar-refractivity contribution < 1.29 is 19.1 Å². The molecule has 0 aromatic carbocycles. The minimum atomic E-state index is -0.927. The number of carbonyl (C=O) groups excluding carboxylic acids is 2. The molecule has 1 aliphatic carbocycles. The van der Waals surface area contributed by atoms with Gasteiger partial charge in [-0.15, -0.1) is 0 Å². The lowest BCUT2D eigenvalue weighted by Gasteiger charge is -2.37. The highest BCUT2D eigenvalue weighted by molar-refractivity contribution is 5.93. The van der Waals surface area contributed by atoms with E-state index in [4.69, 9.17) is 4.74 Å². The minimum absolute atomic E-state index is 0.184. The quantitative estimate of drug-likeness (QED) is 0.443. The molecule has 0 radical (unpaired) electrons. The molecule has 0 bridgehead atoms. The predicted octanol–water partition coefficient (Wildman–Crippen LogP) is 3.85. The lowest BCUT2D eigenvalue weighted by atomic mass is 9.71. The van der Waals surface area contributed by atoms with Crippen molar-refractivity contribution >= 4 is 12.1 Å². The molecule has 0 heterocycles. The molecular formula is C15H24O4. The number of carbonyl (C=O) groups is 2. The smallest absolute Gasteiger partial charge is 0.431 e. The number of esters is 1. The molecule has 0 spiro atoms. The van der Waals surface area contributed by atoms with Crippen LogP contribution < -0.4 is 0 Å². The monoisotopic (exact) mass is 268 g/mol. The van der Waals surface area contributed by atoms with Gasteiger partial charge in [0.15, 0.2) is 0 Å². The zero-order valence-electron chi connectivity index (χ0n) is 12.3. The first-order valence-corrected chi connectivity index (χ1v) is 6.79. The molecule has 1 aliphatic rings. The van der Waals surface area contributed by atoms with Gasteiger partial charge in [-0.05, 0) is 44.4 Å². The Morgan fingerprint density at radius 1 is 1.37 bits per heavy atom. The van der Waals surface area contributed by atoms with Gasteiger partial charge in [-0.3, -0.25) is 0 Å². The molecule has 0 amide bonds. The van der Waals surface area contributed by atoms with Gasteiger partial charge in [0.1, 0.15) is 6.10 Å². The van der Waals surface area contributed by atoms with E-state index < -0.39 is 12.1 Å². The number of hydrogen-bond acceptors (Lipinski definition) is 4. The second-order valence-corrected chi connectivity index (χ2v) is 6.26. The molecule has 4 nitrogen and oxygen atoms in total. The zero-order chi connectivity index (χ0) is 14.6. The molecule has 0 N–H and O–H groups in total. The van der Waals surface area contributed by atoms with Gasteiger partial charge in [-0.2, -0.15) is 0 Å². The highest BCUT2D eigenvalue weighted by Crippen LogP contribution is 2.40. The van der Waals surface area contributed by atoms with Crippen molar-refractivity contribution in [1.82, 2.24) is 0 Å². The summed E-state index contributed by atoms with van der Waals surface area (Å²) < 4.78 is 9.71. The molecule has 0 aromatic rings. The van der Waals surface area contributed by atoms with Crippen LogP contribution in [0.4, 0.5) is 4.79 Å². The zero-order valence-corrected chi connectivity index (χ0v) is 12.3. The summed E-state index contributed by atoms with van der Waals surface area (Å²) in [6.07, 6.45) is 3.26. The molecule has 0 saturated heterocycles. The summed E-state index contributed by atoms with van der Waals surface area (Å²) in [5, 5.41) is 0. The molecule has 2 atom stereocenters. The topological polar surface area (TPSA) is 52.6 Å². The largest absolute Gasteiger partial charge is 0.516 e. The summed E-state index contributed by atoms with van der Waals surface area (Å²) >= 11 is 0. The lowest BCUT2D eigenvalue weighted by Crippen LogP contribution is -2.32. The lowest BCUT2D eigenvalue weighted by molar-refractivity contribution is -0.136. The third kappa shape index (κ3) is 5.05. The van der Waals surface area contributed by atoms with Crippen molar-refractivity contribution in [3.63, 3.8) is 0 Å². The fourth-order valence-corrected chi connectivity index (χ4v) is 2.59. The van der Waals surface area contributed by atoms with Crippen LogP contribution in [-0.2, 0) is 14.3 Å². The average Bonchev–Trinajstić information content (AvgIpc) is 2.27. The van der Waals surface area contributed by atoms with Crippen LogP contribution in [0.2, 0.25) is 0 Å². The van der Waals surface area contributed by atoms with Crippen molar-refractivity contribution in [2.75, 3.05) is 0 Å². The number of ether oxygens (including phenoxy) is 2. The first-order valence-electron chi connectivity index (χ1n) is 6.79. The molecule has 108 valence electrons. The van der Waals surface area contributed by atoms with Gasteiger partial charge >= 0.3 is 12.1 Å². The van der Waals surface area contributed by atoms with E-state index in [2.05, 4.69) is 25.2 Å². The maximum absolute atomic E-state index is 11.5. The molecule has 1 fully saturated rings. The fraction of sp³-hybridized carbons (Fsp3) is 0.733. The van der Waals surface area contributed by atoms with Crippen LogP contribution in [0.1, 0.15) is 53.4 Å². The second-order valence-electron chi connectivity index (χ2n) is 6.26. The normalized spacial score (nSPS) is 23.3. The van der Waals surface area contributed by atoms with E-state index in [0.717, 1.165) is 19.3 Å². The van der Waals surface area contributed by atoms with Crippen LogP contribution in [0, 0.1) is 11.3 Å². The molecule has 1 saturated carbocycles. The van der Waals surface area contributed by atoms with Crippen LogP contribution in [0.5, 0.6) is 0 Å². The predicted molar refractivity (Wildman–Crippen MR) is 72.6 cm³/mol. The van der Waals surface area contributed by atoms with E-state index in [-0.39, 0.29) is 17.1 Å². The van der Waals surface area contributed by atoms with E-state index in [1.165, 1.54) is 13.3 Å². The van der Waals surface area contributed by atoms with Crippen LogP contribution in [-0.4, -0.2) is 18.2 Å². The Morgan fingerprint density at radius 3 is 2.53 bits per heavy atom. The van der Waals surface area contributed by atoms with Crippen LogP contribution in [0.25, 0.3) is 0 Å². The summed E-state index contributed by atoms with van der Waals surface area (Å²) in [6.45, 7) is 11.2. The molecule has 0 aromatic heterocycles. The summed E-state index contributed by atoms with van der Waals surface area (Å²) in [7, 11) is 0. The number of rotatable bonds is 3. The highest BCUT2D eigenvalue weighted by Gasteiger charge is 2.33. The molecule has 4 heteroatoms. The van der Waals surface area contributed by atoms with Crippen molar-refractivity contribution in [3.05, 3.63) is 12.2 Å². The maximum Gasteiger partial charge on any atom is 0.516 e. The molecular weight excluding hydrogens is 244 g/mol. The Hall–Kier alpha value is -1.32. The van der Waals surface area contributed by atoms with Gasteiger partial charge in [-0.25, -0.2) is 9.59 Å². The van der Waals surface area contributed by atoms with Gasteiger partial charge in [0.2, 0.25) is 0 Å². The van der Waals surface area contributed by atoms with Crippen molar-refractivity contribution in [1.29, 1.82) is 0 Å². The van der Waals surface area contributed by atoms with Gasteiger partial charge < -0.3 is 9.47 Å². The van der Waals surface area contributed by atoms with E-state index in [9.17, 15) is 9.59 Å². The van der Waals surface area contributed by atoms with Crippen LogP contribution in [0.3, 0.4) is 0 Å². The van der Waals surface area contributed by atoms with E-state index in [1.54, 1.807) is 0 Å². The van der Waals surface area contributed by atoms with Crippen molar-refractivity contribution in [2.45, 2.75) is 59.5 Å². The highest BCUT2D eigenvalue weighted by atomic mass is 16.7. The Bertz CT molecular complexity index is 370. The van der Waals surface area contributed by atoms with Gasteiger partial charge in [0.05, 0.1) is 0 Å². The van der Waals surface area contributed by atoms with E-state index in [0.29, 0.717) is 5.92 Å². The third-order valence-electron chi connectivity index (χ3n) is 3.71. The number of hydrogen-bond donors (Lipinski definition) is 0. The van der Waals surface area contributed by atoms with E-state index >= 15 is 0 Å². The third-order valence-corrected chi connectivity index (χ3v) is 3.71. The van der Waals surface area contributed by atoms with Gasteiger partial charge in [-0.1, -0.05) is 26.8 Å². The Morgan fingerprint density at radius 2 is 2.00 bits per heavy atom. The van der Waals surface area contributed by atoms with Gasteiger partial charge in [0, 0.05) is 5.57 Å². The minimum Gasteiger partial charge on any atom is -0.431 e. The molecule has 0 aliphatic heterocycles. The SMILES string of the molecule is C=C(C)C(=O)OC(=O)OC(C)C1CCCC(C)(C)C1. The standard InChI is InChI=1S/C15H24O4/c1-10(2)13(16)19-14(17)18-11(3)12-7-6-8-15(4,5)9-12/h11-12H,1,6-9H2,2-5H3. The second kappa shape index (κ2) is 6.22. The van der Waals surface area contributed by atoms with E-state index in [1.807, 2.05) is 6.92 Å². The molecule has 1 rings (SSSR count). The summed E-state index contributed by atoms with van der Waals surface area (Å²) in [5.41, 5.74) is 0.473. The fourth-order valence-electron chi connectivity index (χ4n) is 2.59. The van der Waals surface area contributed by atoms with Gasteiger partial charge in [0.25, 0.3) is 0 Å². The van der Waals surface area contributed by atoms with Crippen LogP contribution in [0.15, 0.2) is 12.2 Å². The average molecular weight is 268 g/mol. The Kier molecular flexibility index (Phi) is 5.15. The first kappa shape index (κ1) is 15.7. The molecule has 2 unspecified atom stereocenters. The Labute approximate surface area is 115 Å². The first-order chi connectivity index (χ1) is 8.71. The van der Waals surface area contributed by atoms with Crippen molar-refractivity contribution in [2.24, 2.45) is 11.3 Å². The molecule has 19 heavy (non-hydrogen) atoms. The summed E-state index contributed by atoms with van der Waals surface area (Å²) in [5.74, 6) is -0.405. The van der Waals surface area contributed by atoms with Crippen LogP contribution >= 0.6 is 0 Å².